The molecule has 0 aliphatic heterocycles. The Hall–Kier alpha value is -2.01. The van der Waals surface area contributed by atoms with E-state index in [-0.39, 0.29) is 5.84 Å². The lowest BCUT2D eigenvalue weighted by molar-refractivity contribution is 0.318. The molecule has 0 radical (unpaired) electrons. The Morgan fingerprint density at radius 3 is 2.88 bits per heavy atom. The van der Waals surface area contributed by atoms with Crippen molar-refractivity contribution < 1.29 is 5.21 Å². The van der Waals surface area contributed by atoms with E-state index in [0.717, 1.165) is 11.3 Å². The third kappa shape index (κ3) is 2.09. The van der Waals surface area contributed by atoms with E-state index in [0.29, 0.717) is 10.6 Å². The lowest BCUT2D eigenvalue weighted by Gasteiger charge is -2.11. The minimum Gasteiger partial charge on any atom is -0.409 e. The Bertz CT molecular complexity index is 577. The molecule has 0 saturated heterocycles. The second-order valence-electron chi connectivity index (χ2n) is 3.56. The molecule has 0 amide bonds. The van der Waals surface area contributed by atoms with Gasteiger partial charge in [0.2, 0.25) is 0 Å². The van der Waals surface area contributed by atoms with Crippen molar-refractivity contribution in [3.05, 3.63) is 46.7 Å². The van der Waals surface area contributed by atoms with Crippen LogP contribution in [0.5, 0.6) is 0 Å². The second kappa shape index (κ2) is 4.47. The summed E-state index contributed by atoms with van der Waals surface area (Å²) in [5, 5.41) is 16.4. The van der Waals surface area contributed by atoms with Gasteiger partial charge in [-0.3, -0.25) is 0 Å². The summed E-state index contributed by atoms with van der Waals surface area (Å²) in [5.41, 5.74) is 7.94. The number of hydrogen-bond donors (Lipinski definition) is 2. The highest BCUT2D eigenvalue weighted by atomic mass is 35.5. The molecule has 0 spiro atoms. The van der Waals surface area contributed by atoms with E-state index < -0.39 is 0 Å². The highest BCUT2D eigenvalue weighted by Crippen LogP contribution is 2.20. The first-order chi connectivity index (χ1) is 8.13. The highest BCUT2D eigenvalue weighted by Gasteiger charge is 2.12. The van der Waals surface area contributed by atoms with Crippen LogP contribution in [0.4, 0.5) is 0 Å². The number of para-hydroxylation sites is 1. The van der Waals surface area contributed by atoms with Crippen LogP contribution in [0.3, 0.4) is 0 Å². The third-order valence-electron chi connectivity index (χ3n) is 2.40. The second-order valence-corrected chi connectivity index (χ2v) is 4.00. The molecule has 2 aromatic rings. The molecule has 0 aliphatic carbocycles. The Labute approximate surface area is 103 Å². The molecule has 1 heterocycles. The third-order valence-corrected chi connectivity index (χ3v) is 2.60. The fourth-order valence-electron chi connectivity index (χ4n) is 1.65. The average molecular weight is 251 g/mol. The van der Waals surface area contributed by atoms with Gasteiger partial charge in [0.1, 0.15) is 0 Å². The summed E-state index contributed by atoms with van der Waals surface area (Å²) in [6.45, 7) is 1.92. The summed E-state index contributed by atoms with van der Waals surface area (Å²) in [7, 11) is 0. The lowest BCUT2D eigenvalue weighted by atomic mass is 10.1. The van der Waals surface area contributed by atoms with Crippen molar-refractivity contribution in [1.29, 1.82) is 0 Å². The number of nitrogens with zero attached hydrogens (tertiary/aromatic N) is 3. The molecule has 2 rings (SSSR count). The van der Waals surface area contributed by atoms with E-state index >= 15 is 0 Å². The minimum atomic E-state index is 0.0373. The summed E-state index contributed by atoms with van der Waals surface area (Å²) in [5.74, 6) is 0.0373. The minimum absolute atomic E-state index is 0.0373. The maximum atomic E-state index is 8.76. The zero-order chi connectivity index (χ0) is 12.4. The van der Waals surface area contributed by atoms with Gasteiger partial charge >= 0.3 is 0 Å². The molecule has 0 aliphatic rings. The first-order valence-electron chi connectivity index (χ1n) is 4.91. The van der Waals surface area contributed by atoms with Crippen LogP contribution in [0.1, 0.15) is 11.1 Å². The Balaban J connectivity index is 2.67. The van der Waals surface area contributed by atoms with Crippen LogP contribution in [0.25, 0.3) is 5.69 Å². The topological polar surface area (TPSA) is 76.4 Å². The summed E-state index contributed by atoms with van der Waals surface area (Å²) in [4.78, 5) is 0. The van der Waals surface area contributed by atoms with Crippen LogP contribution in [0.2, 0.25) is 5.02 Å². The van der Waals surface area contributed by atoms with E-state index in [1.54, 1.807) is 16.9 Å². The number of halogens is 1. The van der Waals surface area contributed by atoms with Gasteiger partial charge in [-0.1, -0.05) is 28.9 Å². The molecule has 5 nitrogen and oxygen atoms in total. The Morgan fingerprint density at radius 1 is 1.53 bits per heavy atom. The van der Waals surface area contributed by atoms with Crippen LogP contribution in [-0.2, 0) is 0 Å². The zero-order valence-corrected chi connectivity index (χ0v) is 9.89. The van der Waals surface area contributed by atoms with Gasteiger partial charge in [0.15, 0.2) is 5.84 Å². The van der Waals surface area contributed by atoms with Crippen LogP contribution in [0, 0.1) is 6.92 Å². The number of benzene rings is 1. The molecule has 88 valence electrons. The van der Waals surface area contributed by atoms with Gasteiger partial charge in [0.05, 0.1) is 16.9 Å². The lowest BCUT2D eigenvalue weighted by Crippen LogP contribution is -2.17. The van der Waals surface area contributed by atoms with Crippen molar-refractivity contribution in [2.75, 3.05) is 0 Å². The molecular formula is C11H11ClN4O. The molecular weight excluding hydrogens is 240 g/mol. The van der Waals surface area contributed by atoms with Crippen molar-refractivity contribution >= 4 is 17.4 Å². The number of aromatic nitrogens is 2. The fourth-order valence-corrected chi connectivity index (χ4v) is 1.78. The van der Waals surface area contributed by atoms with Gasteiger partial charge in [0.25, 0.3) is 0 Å². The van der Waals surface area contributed by atoms with Gasteiger partial charge in [-0.15, -0.1) is 0 Å². The number of hydrogen-bond acceptors (Lipinski definition) is 3. The van der Waals surface area contributed by atoms with Crippen molar-refractivity contribution in [3.8, 4) is 5.69 Å². The summed E-state index contributed by atoms with van der Waals surface area (Å²) >= 11 is 5.83. The number of aryl methyl sites for hydroxylation is 1. The summed E-state index contributed by atoms with van der Waals surface area (Å²) < 4.78 is 1.60. The number of oxime groups is 1. The molecule has 0 unspecified atom stereocenters. The standard InChI is InChI=1S/C11H11ClN4O/c1-7-3-2-4-9(11(13)15-17)10(7)16-6-8(12)5-14-16/h2-6,17H,1H3,(H2,13,15). The fraction of sp³-hybridized carbons (Fsp3) is 0.0909. The van der Waals surface area contributed by atoms with Crippen LogP contribution < -0.4 is 5.73 Å². The largest absolute Gasteiger partial charge is 0.409 e. The normalized spacial score (nSPS) is 11.8. The number of rotatable bonds is 2. The average Bonchev–Trinajstić information content (AvgIpc) is 2.74. The zero-order valence-electron chi connectivity index (χ0n) is 9.13. The predicted molar refractivity (Wildman–Crippen MR) is 65.8 cm³/mol. The van der Waals surface area contributed by atoms with Gasteiger partial charge in [-0.25, -0.2) is 4.68 Å². The van der Waals surface area contributed by atoms with Gasteiger partial charge < -0.3 is 10.9 Å². The Morgan fingerprint density at radius 2 is 2.29 bits per heavy atom. The van der Waals surface area contributed by atoms with Gasteiger partial charge in [-0.2, -0.15) is 5.10 Å². The van der Waals surface area contributed by atoms with Gasteiger partial charge in [-0.05, 0) is 18.6 Å². The van der Waals surface area contributed by atoms with Crippen molar-refractivity contribution in [2.24, 2.45) is 10.9 Å². The number of amidine groups is 1. The number of nitrogens with two attached hydrogens (primary N) is 1. The molecule has 0 atom stereocenters. The molecule has 3 N–H and O–H groups in total. The molecule has 0 bridgehead atoms. The summed E-state index contributed by atoms with van der Waals surface area (Å²) in [6.07, 6.45) is 3.20. The van der Waals surface area contributed by atoms with Crippen LogP contribution in [-0.4, -0.2) is 20.8 Å². The highest BCUT2D eigenvalue weighted by molar-refractivity contribution is 6.30. The van der Waals surface area contributed by atoms with E-state index in [9.17, 15) is 0 Å². The van der Waals surface area contributed by atoms with E-state index in [2.05, 4.69) is 10.3 Å². The molecule has 0 saturated carbocycles. The van der Waals surface area contributed by atoms with Crippen LogP contribution in [0.15, 0.2) is 35.7 Å². The smallest absolute Gasteiger partial charge is 0.172 e. The monoisotopic (exact) mass is 250 g/mol. The molecule has 1 aromatic heterocycles. The SMILES string of the molecule is Cc1cccc(/C(N)=N/O)c1-n1cc(Cl)cn1. The maximum absolute atomic E-state index is 8.76. The maximum Gasteiger partial charge on any atom is 0.172 e. The first kappa shape index (κ1) is 11.5. The predicted octanol–water partition coefficient (Wildman–Crippen LogP) is 1.93. The molecule has 6 heteroatoms. The van der Waals surface area contributed by atoms with E-state index in [4.69, 9.17) is 22.5 Å². The molecule has 17 heavy (non-hydrogen) atoms. The summed E-state index contributed by atoms with van der Waals surface area (Å²) in [6, 6.07) is 5.50. The van der Waals surface area contributed by atoms with Crippen molar-refractivity contribution in [1.82, 2.24) is 9.78 Å². The van der Waals surface area contributed by atoms with Crippen molar-refractivity contribution in [2.45, 2.75) is 6.92 Å². The van der Waals surface area contributed by atoms with Crippen LogP contribution >= 0.6 is 11.6 Å². The quantitative estimate of drug-likeness (QED) is 0.370. The Kier molecular flexibility index (Phi) is 3.01. The first-order valence-corrected chi connectivity index (χ1v) is 5.29. The molecule has 0 fully saturated rings. The van der Waals surface area contributed by atoms with E-state index in [1.165, 1.54) is 6.20 Å². The molecule has 1 aromatic carbocycles. The van der Waals surface area contributed by atoms with Gasteiger partial charge in [0, 0.05) is 11.8 Å². The van der Waals surface area contributed by atoms with Crippen molar-refractivity contribution in [3.63, 3.8) is 0 Å². The van der Waals surface area contributed by atoms with E-state index in [1.807, 2.05) is 19.1 Å².